The Hall–Kier alpha value is -1.87. The van der Waals surface area contributed by atoms with Crippen molar-refractivity contribution in [3.05, 3.63) is 28.3 Å². The SMILES string of the molecule is N#Cc1cc(Cl)c(OC(F)F)cc1CC(=O)O. The molecule has 90 valence electrons. The Bertz CT molecular complexity index is 485. The van der Waals surface area contributed by atoms with Gasteiger partial charge < -0.3 is 9.84 Å². The van der Waals surface area contributed by atoms with Crippen LogP contribution in [0.25, 0.3) is 0 Å². The Kier molecular flexibility index (Phi) is 4.24. The Morgan fingerprint density at radius 1 is 1.59 bits per heavy atom. The number of rotatable bonds is 4. The molecule has 0 saturated heterocycles. The number of aliphatic carboxylic acids is 1. The highest BCUT2D eigenvalue weighted by Gasteiger charge is 2.14. The van der Waals surface area contributed by atoms with Crippen LogP contribution in [0.15, 0.2) is 12.1 Å². The molecule has 0 aliphatic carbocycles. The number of carboxylic acid groups (broad SMARTS) is 1. The maximum absolute atomic E-state index is 12.0. The van der Waals surface area contributed by atoms with Gasteiger partial charge in [-0.15, -0.1) is 0 Å². The van der Waals surface area contributed by atoms with Gasteiger partial charge in [-0.1, -0.05) is 11.6 Å². The van der Waals surface area contributed by atoms with Crippen molar-refractivity contribution >= 4 is 17.6 Å². The zero-order chi connectivity index (χ0) is 13.0. The minimum Gasteiger partial charge on any atom is -0.481 e. The van der Waals surface area contributed by atoms with Gasteiger partial charge in [0.1, 0.15) is 5.75 Å². The molecule has 0 fully saturated rings. The number of carbonyl (C=O) groups is 1. The summed E-state index contributed by atoms with van der Waals surface area (Å²) in [5, 5.41) is 17.2. The highest BCUT2D eigenvalue weighted by atomic mass is 35.5. The summed E-state index contributed by atoms with van der Waals surface area (Å²) in [6, 6.07) is 3.86. The smallest absolute Gasteiger partial charge is 0.387 e. The summed E-state index contributed by atoms with van der Waals surface area (Å²) in [7, 11) is 0. The maximum Gasteiger partial charge on any atom is 0.387 e. The second-order valence-corrected chi connectivity index (χ2v) is 3.41. The standard InChI is InChI=1S/C10H6ClF2NO3/c11-7-1-6(4-14)5(3-9(15)16)2-8(7)17-10(12)13/h1-2,10H,3H2,(H,15,16). The number of halogens is 3. The zero-order valence-corrected chi connectivity index (χ0v) is 9.04. The third-order valence-corrected chi connectivity index (χ3v) is 2.13. The molecule has 1 aromatic rings. The number of benzene rings is 1. The van der Waals surface area contributed by atoms with Crippen LogP contribution in [-0.4, -0.2) is 17.7 Å². The van der Waals surface area contributed by atoms with Crippen molar-refractivity contribution in [3.8, 4) is 11.8 Å². The fourth-order valence-electron chi connectivity index (χ4n) is 1.20. The number of hydrogen-bond donors (Lipinski definition) is 1. The average Bonchev–Trinajstić information content (AvgIpc) is 2.21. The number of ether oxygens (including phenoxy) is 1. The summed E-state index contributed by atoms with van der Waals surface area (Å²) in [6.45, 7) is -3.07. The predicted molar refractivity (Wildman–Crippen MR) is 54.1 cm³/mol. The van der Waals surface area contributed by atoms with Gasteiger partial charge in [-0.2, -0.15) is 14.0 Å². The van der Waals surface area contributed by atoms with Crippen LogP contribution in [0.2, 0.25) is 5.02 Å². The van der Waals surface area contributed by atoms with E-state index in [2.05, 4.69) is 4.74 Å². The van der Waals surface area contributed by atoms with Gasteiger partial charge in [-0.3, -0.25) is 4.79 Å². The molecule has 0 unspecified atom stereocenters. The molecule has 0 spiro atoms. The van der Waals surface area contributed by atoms with Crippen LogP contribution in [0.5, 0.6) is 5.75 Å². The number of nitrogens with zero attached hydrogens (tertiary/aromatic N) is 1. The van der Waals surface area contributed by atoms with E-state index in [0.717, 1.165) is 12.1 Å². The first-order valence-corrected chi connectivity index (χ1v) is 4.71. The highest BCUT2D eigenvalue weighted by molar-refractivity contribution is 6.32. The normalized spacial score (nSPS) is 10.1. The summed E-state index contributed by atoms with van der Waals surface area (Å²) in [5.41, 5.74) is 0.0825. The van der Waals surface area contributed by atoms with Gasteiger partial charge in [-0.25, -0.2) is 0 Å². The molecule has 1 aromatic carbocycles. The molecule has 0 aromatic heterocycles. The molecule has 7 heteroatoms. The summed E-state index contributed by atoms with van der Waals surface area (Å²) < 4.78 is 28.1. The van der Waals surface area contributed by atoms with Crippen LogP contribution in [-0.2, 0) is 11.2 Å². The van der Waals surface area contributed by atoms with Crippen LogP contribution in [0.1, 0.15) is 11.1 Å². The van der Waals surface area contributed by atoms with Crippen molar-refractivity contribution in [3.63, 3.8) is 0 Å². The number of alkyl halides is 2. The molecule has 0 bridgehead atoms. The quantitative estimate of drug-likeness (QED) is 0.904. The van der Waals surface area contributed by atoms with Crippen molar-refractivity contribution in [1.82, 2.24) is 0 Å². The Labute approximate surface area is 100.0 Å². The monoisotopic (exact) mass is 261 g/mol. The molecule has 1 N–H and O–H groups in total. The fourth-order valence-corrected chi connectivity index (χ4v) is 1.40. The topological polar surface area (TPSA) is 70.3 Å². The molecule has 17 heavy (non-hydrogen) atoms. The van der Waals surface area contributed by atoms with E-state index in [1.165, 1.54) is 0 Å². The molecule has 0 radical (unpaired) electrons. The van der Waals surface area contributed by atoms with Crippen molar-refractivity contribution in [2.45, 2.75) is 13.0 Å². The number of carboxylic acids is 1. The lowest BCUT2D eigenvalue weighted by Crippen LogP contribution is -2.06. The molecule has 0 atom stereocenters. The van der Waals surface area contributed by atoms with Gasteiger partial charge in [-0.05, 0) is 17.7 Å². The van der Waals surface area contributed by atoms with Gasteiger partial charge in [0.2, 0.25) is 0 Å². The lowest BCUT2D eigenvalue weighted by Gasteiger charge is -2.09. The molecule has 0 saturated carbocycles. The number of hydrogen-bond acceptors (Lipinski definition) is 3. The van der Waals surface area contributed by atoms with Crippen molar-refractivity contribution in [2.24, 2.45) is 0 Å². The second-order valence-electron chi connectivity index (χ2n) is 3.00. The van der Waals surface area contributed by atoms with Crippen LogP contribution in [0.4, 0.5) is 8.78 Å². The largest absolute Gasteiger partial charge is 0.481 e. The van der Waals surface area contributed by atoms with E-state index >= 15 is 0 Å². The van der Waals surface area contributed by atoms with E-state index < -0.39 is 19.0 Å². The van der Waals surface area contributed by atoms with E-state index in [1.54, 1.807) is 6.07 Å². The molecule has 0 heterocycles. The molecule has 0 aliphatic rings. The Morgan fingerprint density at radius 2 is 2.24 bits per heavy atom. The molecule has 4 nitrogen and oxygen atoms in total. The minimum atomic E-state index is -3.07. The van der Waals surface area contributed by atoms with Crippen LogP contribution < -0.4 is 4.74 Å². The van der Waals surface area contributed by atoms with Gasteiger partial charge in [0.25, 0.3) is 0 Å². The molecule has 0 aliphatic heterocycles. The summed E-state index contributed by atoms with van der Waals surface area (Å²) in [4.78, 5) is 10.5. The summed E-state index contributed by atoms with van der Waals surface area (Å²) in [5.74, 6) is -1.54. The molecule has 0 amide bonds. The first-order chi connectivity index (χ1) is 7.93. The minimum absolute atomic E-state index is 0.0130. The third kappa shape index (κ3) is 3.57. The Balaban J connectivity index is 3.18. The van der Waals surface area contributed by atoms with Crippen LogP contribution in [0.3, 0.4) is 0 Å². The van der Waals surface area contributed by atoms with E-state index in [1.807, 2.05) is 0 Å². The average molecular weight is 262 g/mol. The zero-order valence-electron chi connectivity index (χ0n) is 8.28. The third-order valence-electron chi connectivity index (χ3n) is 1.84. The van der Waals surface area contributed by atoms with E-state index in [-0.39, 0.29) is 21.9 Å². The van der Waals surface area contributed by atoms with Crippen molar-refractivity contribution in [2.75, 3.05) is 0 Å². The van der Waals surface area contributed by atoms with E-state index in [9.17, 15) is 13.6 Å². The molecular weight excluding hydrogens is 256 g/mol. The van der Waals surface area contributed by atoms with E-state index in [4.69, 9.17) is 22.0 Å². The predicted octanol–water partition coefficient (Wildman–Crippen LogP) is 2.44. The second kappa shape index (κ2) is 5.46. The van der Waals surface area contributed by atoms with Crippen molar-refractivity contribution < 1.29 is 23.4 Å². The van der Waals surface area contributed by atoms with Crippen molar-refractivity contribution in [1.29, 1.82) is 5.26 Å². The summed E-state index contributed by atoms with van der Waals surface area (Å²) in [6.07, 6.45) is -0.473. The lowest BCUT2D eigenvalue weighted by atomic mass is 10.1. The van der Waals surface area contributed by atoms with Gasteiger partial charge in [0, 0.05) is 0 Å². The maximum atomic E-state index is 12.0. The van der Waals surface area contributed by atoms with E-state index in [0.29, 0.717) is 0 Å². The first-order valence-electron chi connectivity index (χ1n) is 4.33. The Morgan fingerprint density at radius 3 is 2.71 bits per heavy atom. The molecule has 1 rings (SSSR count). The number of nitriles is 1. The van der Waals surface area contributed by atoms with Gasteiger partial charge >= 0.3 is 12.6 Å². The fraction of sp³-hybridized carbons (Fsp3) is 0.200. The lowest BCUT2D eigenvalue weighted by molar-refractivity contribution is -0.136. The van der Waals surface area contributed by atoms with Crippen LogP contribution >= 0.6 is 11.6 Å². The van der Waals surface area contributed by atoms with Gasteiger partial charge in [0.15, 0.2) is 0 Å². The van der Waals surface area contributed by atoms with Gasteiger partial charge in [0.05, 0.1) is 23.1 Å². The summed E-state index contributed by atoms with van der Waals surface area (Å²) >= 11 is 5.60. The molecular formula is C10H6ClF2NO3. The first kappa shape index (κ1) is 13.2. The highest BCUT2D eigenvalue weighted by Crippen LogP contribution is 2.29. The van der Waals surface area contributed by atoms with Crippen LogP contribution in [0, 0.1) is 11.3 Å².